The third-order valence-electron chi connectivity index (χ3n) is 5.24. The normalized spacial score (nSPS) is 15.7. The molecule has 0 radical (unpaired) electrons. The molecule has 3 atom stereocenters. The molecule has 2 unspecified atom stereocenters. The topological polar surface area (TPSA) is 127 Å². The lowest BCUT2D eigenvalue weighted by Gasteiger charge is -2.23. The number of sulfone groups is 1. The van der Waals surface area contributed by atoms with E-state index in [1.165, 1.54) is 31.4 Å². The van der Waals surface area contributed by atoms with Crippen LogP contribution in [-0.2, 0) is 34.9 Å². The van der Waals surface area contributed by atoms with Gasteiger partial charge in [-0.1, -0.05) is 54.6 Å². The molecule has 0 aliphatic rings. The minimum atomic E-state index is -3.63. The summed E-state index contributed by atoms with van der Waals surface area (Å²) in [5, 5.41) is 11.1. The second-order valence-corrected chi connectivity index (χ2v) is 13.7. The van der Waals surface area contributed by atoms with Gasteiger partial charge >= 0.3 is 5.97 Å². The van der Waals surface area contributed by atoms with Crippen molar-refractivity contribution in [3.8, 4) is 0 Å². The maximum absolute atomic E-state index is 13.5. The van der Waals surface area contributed by atoms with Crippen molar-refractivity contribution in [1.29, 1.82) is 0 Å². The summed E-state index contributed by atoms with van der Waals surface area (Å²) in [5.41, 5.74) is 0.255. The first-order valence-corrected chi connectivity index (χ1v) is 14.9. The van der Waals surface area contributed by atoms with Gasteiger partial charge in [0.25, 0.3) is 0 Å². The molecule has 0 aliphatic heterocycles. The first-order chi connectivity index (χ1) is 16.8. The molecule has 1 amide bonds. The zero-order valence-electron chi connectivity index (χ0n) is 19.6. The van der Waals surface area contributed by atoms with Crippen LogP contribution in [0.5, 0.6) is 0 Å². The largest absolute Gasteiger partial charge is 0.480 e. The first-order valence-electron chi connectivity index (χ1n) is 10.5. The van der Waals surface area contributed by atoms with Gasteiger partial charge in [0, 0.05) is 42.1 Å². The minimum Gasteiger partial charge on any atom is -0.480 e. The lowest BCUT2D eigenvalue weighted by Crippen LogP contribution is -2.43. The Morgan fingerprint density at radius 2 is 1.83 bits per heavy atom. The van der Waals surface area contributed by atoms with E-state index in [-0.39, 0.29) is 28.3 Å². The second-order valence-electron chi connectivity index (χ2n) is 7.77. The number of alkyl halides is 1. The Morgan fingerprint density at radius 1 is 1.19 bits per heavy atom. The van der Waals surface area contributed by atoms with Crippen LogP contribution in [-0.4, -0.2) is 49.9 Å². The molecule has 2 aromatic rings. The molecular formula is C24H26Cl2NO7PS. The van der Waals surface area contributed by atoms with E-state index in [9.17, 15) is 27.7 Å². The minimum absolute atomic E-state index is 0.0203. The molecule has 0 aliphatic carbocycles. The van der Waals surface area contributed by atoms with Crippen LogP contribution in [0.15, 0.2) is 82.8 Å². The summed E-state index contributed by atoms with van der Waals surface area (Å²) in [7, 11) is -5.90. The number of amides is 1. The van der Waals surface area contributed by atoms with Gasteiger partial charge in [0.1, 0.15) is 11.2 Å². The summed E-state index contributed by atoms with van der Waals surface area (Å²) in [6.45, 7) is 3.54. The average molecular weight is 574 g/mol. The summed E-state index contributed by atoms with van der Waals surface area (Å²) >= 11 is 12.7. The number of carboxylic acid groups (broad SMARTS) is 1. The van der Waals surface area contributed by atoms with E-state index in [2.05, 4.69) is 11.9 Å². The van der Waals surface area contributed by atoms with Crippen molar-refractivity contribution in [3.05, 3.63) is 83.4 Å². The van der Waals surface area contributed by atoms with Gasteiger partial charge in [-0.05, 0) is 29.8 Å². The van der Waals surface area contributed by atoms with Crippen LogP contribution in [0.3, 0.4) is 0 Å². The Balaban J connectivity index is 2.31. The lowest BCUT2D eigenvalue weighted by molar-refractivity contribution is -0.141. The number of allylic oxidation sites excluding steroid dienone is 2. The smallest absolute Gasteiger partial charge is 0.326 e. The van der Waals surface area contributed by atoms with Gasteiger partial charge in [-0.3, -0.25) is 9.36 Å². The molecule has 194 valence electrons. The van der Waals surface area contributed by atoms with Crippen LogP contribution < -0.4 is 10.6 Å². The molecule has 0 bridgehead atoms. The monoisotopic (exact) mass is 573 g/mol. The Morgan fingerprint density at radius 3 is 2.36 bits per heavy atom. The van der Waals surface area contributed by atoms with E-state index in [4.69, 9.17) is 27.7 Å². The third-order valence-corrected chi connectivity index (χ3v) is 10.1. The van der Waals surface area contributed by atoms with Crippen LogP contribution in [0.25, 0.3) is 0 Å². The fourth-order valence-corrected chi connectivity index (χ4v) is 6.67. The van der Waals surface area contributed by atoms with Crippen LogP contribution in [0.2, 0.25) is 0 Å². The van der Waals surface area contributed by atoms with Gasteiger partial charge in [-0.15, -0.1) is 11.6 Å². The van der Waals surface area contributed by atoms with Crippen molar-refractivity contribution in [1.82, 2.24) is 5.32 Å². The van der Waals surface area contributed by atoms with Gasteiger partial charge in [-0.25, -0.2) is 13.2 Å². The molecule has 8 nitrogen and oxygen atoms in total. The van der Waals surface area contributed by atoms with Crippen molar-refractivity contribution in [2.45, 2.75) is 28.9 Å². The highest BCUT2D eigenvalue weighted by Gasteiger charge is 2.36. The van der Waals surface area contributed by atoms with Crippen molar-refractivity contribution >= 4 is 57.6 Å². The van der Waals surface area contributed by atoms with Gasteiger partial charge in [-0.2, -0.15) is 0 Å². The predicted molar refractivity (Wildman–Crippen MR) is 141 cm³/mol. The van der Waals surface area contributed by atoms with Crippen LogP contribution in [0, 0.1) is 0 Å². The van der Waals surface area contributed by atoms with Gasteiger partial charge < -0.3 is 14.9 Å². The molecule has 36 heavy (non-hydrogen) atoms. The molecule has 12 heteroatoms. The zero-order chi connectivity index (χ0) is 27.1. The summed E-state index contributed by atoms with van der Waals surface area (Å²) < 4.78 is 42.4. The molecule has 0 saturated heterocycles. The van der Waals surface area contributed by atoms with Crippen molar-refractivity contribution in [3.63, 3.8) is 0 Å². The Bertz CT molecular complexity index is 1310. The number of halogens is 2. The Kier molecular flexibility index (Phi) is 10.5. The van der Waals surface area contributed by atoms with E-state index in [1.807, 2.05) is 0 Å². The quantitative estimate of drug-likeness (QED) is 0.169. The Hall–Kier alpha value is -2.42. The average Bonchev–Trinajstić information content (AvgIpc) is 2.85. The number of aliphatic carboxylic acids is 1. The summed E-state index contributed by atoms with van der Waals surface area (Å²) in [4.78, 5) is 25.0. The Labute approximate surface area is 220 Å². The number of carboxylic acids is 1. The molecule has 2 aromatic carbocycles. The number of carbonyl (C=O) groups excluding carboxylic acids is 1. The van der Waals surface area contributed by atoms with E-state index in [0.29, 0.717) is 10.9 Å². The zero-order valence-corrected chi connectivity index (χ0v) is 22.8. The van der Waals surface area contributed by atoms with Gasteiger partial charge in [0.15, 0.2) is 9.84 Å². The van der Waals surface area contributed by atoms with E-state index >= 15 is 0 Å². The molecule has 0 heterocycles. The number of rotatable bonds is 12. The van der Waals surface area contributed by atoms with Crippen molar-refractivity contribution < 1.29 is 32.2 Å². The molecule has 2 N–H and O–H groups in total. The van der Waals surface area contributed by atoms with Crippen LogP contribution in [0.1, 0.15) is 12.0 Å². The van der Waals surface area contributed by atoms with Crippen LogP contribution >= 0.6 is 30.6 Å². The highest BCUT2D eigenvalue weighted by molar-refractivity contribution is 7.90. The van der Waals surface area contributed by atoms with E-state index < -0.39 is 40.2 Å². The first kappa shape index (κ1) is 29.8. The predicted octanol–water partition coefficient (Wildman–Crippen LogP) is 4.09. The molecule has 0 aromatic heterocycles. The second kappa shape index (κ2) is 12.7. The third kappa shape index (κ3) is 7.54. The van der Waals surface area contributed by atoms with Crippen LogP contribution in [0.4, 0.5) is 0 Å². The summed E-state index contributed by atoms with van der Waals surface area (Å²) in [6, 6.07) is 12.6. The highest BCUT2D eigenvalue weighted by Crippen LogP contribution is 2.54. The van der Waals surface area contributed by atoms with Crippen molar-refractivity contribution in [2.24, 2.45) is 0 Å². The standard InChI is InChI=1S/C24H26Cl2NO7PS/c1-4-20(25)19(15-22(26)35(31,34-2)17-10-6-5-7-11-17)23(28)27-21(24(29)30)14-16-9-8-12-18(13-16)36(3,32)33/h4-13,21-22H,1,14-15H2,2-3H3,(H,27,28)(H,29,30)/b20-19-/t21-,22?,35?/m0/s1. The number of nitrogens with one attached hydrogen (secondary N) is 1. The number of hydrogen-bond acceptors (Lipinski definition) is 6. The van der Waals surface area contributed by atoms with Gasteiger partial charge in [0.2, 0.25) is 13.3 Å². The molecule has 0 spiro atoms. The molecule has 0 saturated carbocycles. The van der Waals surface area contributed by atoms with E-state index in [0.717, 1.165) is 6.26 Å². The fourth-order valence-electron chi connectivity index (χ4n) is 3.31. The molecular weight excluding hydrogens is 548 g/mol. The van der Waals surface area contributed by atoms with Gasteiger partial charge in [0.05, 0.1) is 4.90 Å². The van der Waals surface area contributed by atoms with E-state index in [1.54, 1.807) is 36.4 Å². The number of benzene rings is 2. The maximum atomic E-state index is 13.5. The SMILES string of the molecule is C=C/C(Cl)=C(\CC(Cl)P(=O)(OC)c1ccccc1)C(=O)N[C@@H](Cc1cccc(S(C)(=O)=O)c1)C(=O)O. The van der Waals surface area contributed by atoms with Crippen molar-refractivity contribution in [2.75, 3.05) is 13.4 Å². The molecule has 2 rings (SSSR count). The lowest BCUT2D eigenvalue weighted by atomic mass is 10.0. The fraction of sp³-hybridized carbons (Fsp3) is 0.250. The number of hydrogen-bond donors (Lipinski definition) is 2. The summed E-state index contributed by atoms with van der Waals surface area (Å²) in [6.07, 6.45) is 1.71. The highest BCUT2D eigenvalue weighted by atomic mass is 35.5. The number of carbonyl (C=O) groups is 2. The maximum Gasteiger partial charge on any atom is 0.326 e. The molecule has 0 fully saturated rings. The summed E-state index contributed by atoms with van der Waals surface area (Å²) in [5.74, 6) is -2.20.